The van der Waals surface area contributed by atoms with Crippen LogP contribution in [0, 0.1) is 13.8 Å². The number of aryl methyl sites for hydroxylation is 2. The Kier molecular flexibility index (Phi) is 4.74. The molecule has 21 heavy (non-hydrogen) atoms. The van der Waals surface area contributed by atoms with Crippen molar-refractivity contribution in [2.24, 2.45) is 0 Å². The summed E-state index contributed by atoms with van der Waals surface area (Å²) in [5.74, 6) is 0.0216. The van der Waals surface area contributed by atoms with E-state index in [1.807, 2.05) is 32.0 Å². The molecule has 0 fully saturated rings. The second kappa shape index (κ2) is 6.53. The topological polar surface area (TPSA) is 85.1 Å². The number of aromatic nitrogens is 2. The Hall–Kier alpha value is -2.15. The van der Waals surface area contributed by atoms with Crippen LogP contribution in [-0.4, -0.2) is 27.0 Å². The first kappa shape index (κ1) is 15.2. The zero-order chi connectivity index (χ0) is 15.4. The molecule has 1 N–H and O–H groups in total. The lowest BCUT2D eigenvalue weighted by atomic mass is 10.1. The highest BCUT2D eigenvalue weighted by atomic mass is 32.2. The van der Waals surface area contributed by atoms with Crippen molar-refractivity contribution in [3.8, 4) is 11.5 Å². The molecule has 1 aromatic heterocycles. The number of amides is 1. The minimum atomic E-state index is -0.355. The Morgan fingerprint density at radius 3 is 2.76 bits per heavy atom. The molecule has 0 aliphatic carbocycles. The molecule has 0 radical (unpaired) electrons. The van der Waals surface area contributed by atoms with Gasteiger partial charge >= 0.3 is 6.01 Å². The van der Waals surface area contributed by atoms with Crippen molar-refractivity contribution in [1.29, 1.82) is 0 Å². The summed E-state index contributed by atoms with van der Waals surface area (Å²) in [7, 11) is 0. The summed E-state index contributed by atoms with van der Waals surface area (Å²) >= 11 is 0.925. The Morgan fingerprint density at radius 1 is 1.29 bits per heavy atom. The van der Waals surface area contributed by atoms with Crippen LogP contribution >= 0.6 is 11.8 Å². The van der Waals surface area contributed by atoms with Gasteiger partial charge in [-0.2, -0.15) is 0 Å². The Morgan fingerprint density at radius 2 is 2.05 bits per heavy atom. The third-order valence-corrected chi connectivity index (χ3v) is 3.51. The zero-order valence-corrected chi connectivity index (χ0v) is 12.8. The average molecular weight is 305 g/mol. The molecule has 0 saturated heterocycles. The van der Waals surface area contributed by atoms with Crippen molar-refractivity contribution < 1.29 is 14.0 Å². The second-order valence-electron chi connectivity index (χ2n) is 4.56. The Labute approximate surface area is 126 Å². The normalized spacial score (nSPS) is 10.4. The van der Waals surface area contributed by atoms with Crippen LogP contribution in [0.1, 0.15) is 18.1 Å². The predicted octanol–water partition coefficient (Wildman–Crippen LogP) is 2.57. The van der Waals surface area contributed by atoms with E-state index in [-0.39, 0.29) is 22.8 Å². The molecule has 0 bridgehead atoms. The number of nitrogens with one attached hydrogen (secondary N) is 1. The summed E-state index contributed by atoms with van der Waals surface area (Å²) in [5, 5.41) is 10.1. The van der Waals surface area contributed by atoms with Crippen molar-refractivity contribution in [3.05, 3.63) is 29.3 Å². The quantitative estimate of drug-likeness (QED) is 0.934. The van der Waals surface area contributed by atoms with Crippen LogP contribution < -0.4 is 5.32 Å². The molecule has 7 heteroatoms. The van der Waals surface area contributed by atoms with Gasteiger partial charge in [-0.3, -0.25) is 14.9 Å². The molecule has 6 nitrogen and oxygen atoms in total. The van der Waals surface area contributed by atoms with E-state index in [1.165, 1.54) is 6.92 Å². The van der Waals surface area contributed by atoms with E-state index in [4.69, 9.17) is 4.42 Å². The molecule has 0 saturated carbocycles. The number of hydrogen-bond donors (Lipinski definition) is 1. The Bertz CT molecular complexity index is 682. The molecule has 0 spiro atoms. The fourth-order valence-corrected chi connectivity index (χ4v) is 2.08. The largest absolute Gasteiger partial charge is 0.403 e. The maximum Gasteiger partial charge on any atom is 0.322 e. The lowest BCUT2D eigenvalue weighted by Gasteiger charge is -2.02. The minimum Gasteiger partial charge on any atom is -0.403 e. The molecule has 1 amide bonds. The summed E-state index contributed by atoms with van der Waals surface area (Å²) < 4.78 is 5.43. The van der Waals surface area contributed by atoms with Crippen molar-refractivity contribution in [2.75, 3.05) is 11.1 Å². The van der Waals surface area contributed by atoms with Crippen LogP contribution in [0.15, 0.2) is 22.6 Å². The number of thioether (sulfide) groups is 1. The van der Waals surface area contributed by atoms with Gasteiger partial charge in [0.05, 0.1) is 5.75 Å². The second-order valence-corrected chi connectivity index (χ2v) is 5.71. The zero-order valence-electron chi connectivity index (χ0n) is 12.0. The summed E-state index contributed by atoms with van der Waals surface area (Å²) in [6, 6.07) is 5.94. The molecule has 2 rings (SSSR count). The standard InChI is InChI=1S/C14H15N3O3S/c1-8-4-5-9(2)11(6-8)13-16-17-14(20-13)15-12(19)7-21-10(3)18/h4-6H,7H2,1-3H3,(H,15,17,19). The van der Waals surface area contributed by atoms with E-state index in [9.17, 15) is 9.59 Å². The third-order valence-electron chi connectivity index (χ3n) is 2.70. The van der Waals surface area contributed by atoms with Gasteiger partial charge in [-0.05, 0) is 25.5 Å². The smallest absolute Gasteiger partial charge is 0.322 e. The van der Waals surface area contributed by atoms with Crippen LogP contribution in [-0.2, 0) is 9.59 Å². The molecule has 1 heterocycles. The lowest BCUT2D eigenvalue weighted by Crippen LogP contribution is -2.15. The number of nitrogens with zero attached hydrogens (tertiary/aromatic N) is 2. The number of benzene rings is 1. The van der Waals surface area contributed by atoms with Gasteiger partial charge in [0.15, 0.2) is 5.12 Å². The SMILES string of the molecule is CC(=O)SCC(=O)Nc1nnc(-c2cc(C)ccc2C)o1. The van der Waals surface area contributed by atoms with E-state index in [0.29, 0.717) is 5.89 Å². The number of carbonyl (C=O) groups excluding carboxylic acids is 2. The van der Waals surface area contributed by atoms with E-state index in [1.54, 1.807) is 0 Å². The third kappa shape index (κ3) is 4.16. The van der Waals surface area contributed by atoms with Crippen molar-refractivity contribution in [3.63, 3.8) is 0 Å². The molecule has 1 aromatic carbocycles. The predicted molar refractivity (Wildman–Crippen MR) is 81.0 cm³/mol. The van der Waals surface area contributed by atoms with Gasteiger partial charge in [0.25, 0.3) is 0 Å². The first-order chi connectivity index (χ1) is 9.95. The van der Waals surface area contributed by atoms with Crippen LogP contribution in [0.5, 0.6) is 0 Å². The van der Waals surface area contributed by atoms with Gasteiger partial charge in [-0.15, -0.1) is 5.10 Å². The number of hydrogen-bond acceptors (Lipinski definition) is 6. The fraction of sp³-hybridized carbons (Fsp3) is 0.286. The monoisotopic (exact) mass is 305 g/mol. The van der Waals surface area contributed by atoms with Crippen LogP contribution in [0.2, 0.25) is 0 Å². The number of carbonyl (C=O) groups is 2. The molecular weight excluding hydrogens is 290 g/mol. The molecule has 0 unspecified atom stereocenters. The van der Waals surface area contributed by atoms with Gasteiger partial charge < -0.3 is 4.42 Å². The van der Waals surface area contributed by atoms with Crippen molar-refractivity contribution in [2.45, 2.75) is 20.8 Å². The summed E-state index contributed by atoms with van der Waals surface area (Å²) in [5.41, 5.74) is 2.92. The molecular formula is C14H15N3O3S. The average Bonchev–Trinajstić information content (AvgIpc) is 2.87. The summed E-state index contributed by atoms with van der Waals surface area (Å²) in [4.78, 5) is 22.4. The van der Waals surface area contributed by atoms with Gasteiger partial charge in [0.1, 0.15) is 0 Å². The van der Waals surface area contributed by atoms with Crippen LogP contribution in [0.3, 0.4) is 0 Å². The molecule has 2 aromatic rings. The highest BCUT2D eigenvalue weighted by Gasteiger charge is 2.13. The maximum atomic E-state index is 11.6. The van der Waals surface area contributed by atoms with E-state index in [0.717, 1.165) is 28.5 Å². The lowest BCUT2D eigenvalue weighted by molar-refractivity contribution is -0.114. The maximum absolute atomic E-state index is 11.6. The van der Waals surface area contributed by atoms with E-state index >= 15 is 0 Å². The first-order valence-corrected chi connectivity index (χ1v) is 7.28. The van der Waals surface area contributed by atoms with Crippen LogP contribution in [0.4, 0.5) is 6.01 Å². The molecule has 0 aliphatic rings. The number of anilines is 1. The van der Waals surface area contributed by atoms with E-state index in [2.05, 4.69) is 15.5 Å². The summed E-state index contributed by atoms with van der Waals surface area (Å²) in [6.45, 7) is 5.32. The van der Waals surface area contributed by atoms with Crippen LogP contribution in [0.25, 0.3) is 11.5 Å². The molecule has 0 aliphatic heterocycles. The fourth-order valence-electron chi connectivity index (χ4n) is 1.67. The Balaban J connectivity index is 2.09. The summed E-state index contributed by atoms with van der Waals surface area (Å²) in [6.07, 6.45) is 0. The number of rotatable bonds is 4. The highest BCUT2D eigenvalue weighted by Crippen LogP contribution is 2.24. The van der Waals surface area contributed by atoms with Gasteiger partial charge in [0, 0.05) is 12.5 Å². The van der Waals surface area contributed by atoms with Gasteiger partial charge in [-0.25, -0.2) is 0 Å². The first-order valence-electron chi connectivity index (χ1n) is 6.30. The van der Waals surface area contributed by atoms with Gasteiger partial charge in [-0.1, -0.05) is 34.6 Å². The van der Waals surface area contributed by atoms with Crippen molar-refractivity contribution in [1.82, 2.24) is 10.2 Å². The molecule has 110 valence electrons. The van der Waals surface area contributed by atoms with E-state index < -0.39 is 0 Å². The molecule has 0 atom stereocenters. The van der Waals surface area contributed by atoms with Gasteiger partial charge in [0.2, 0.25) is 11.8 Å². The highest BCUT2D eigenvalue weighted by molar-refractivity contribution is 8.14. The van der Waals surface area contributed by atoms with Crippen molar-refractivity contribution >= 4 is 28.8 Å². The minimum absolute atomic E-state index is 0.0243.